The molecule has 1 rings (SSSR count). The Labute approximate surface area is 125 Å². The summed E-state index contributed by atoms with van der Waals surface area (Å²) in [6.45, 7) is 7.39. The molecule has 116 valence electrons. The fraction of sp³-hybridized carbons (Fsp3) is 0.500. The normalized spacial score (nSPS) is 12.0. The first-order valence-corrected chi connectivity index (χ1v) is 7.26. The van der Waals surface area contributed by atoms with Crippen LogP contribution in [0.5, 0.6) is 0 Å². The van der Waals surface area contributed by atoms with Gasteiger partial charge >= 0.3 is 5.97 Å². The molecule has 21 heavy (non-hydrogen) atoms. The van der Waals surface area contributed by atoms with Gasteiger partial charge in [-0.3, -0.25) is 4.79 Å². The lowest BCUT2D eigenvalue weighted by Crippen LogP contribution is -2.41. The summed E-state index contributed by atoms with van der Waals surface area (Å²) >= 11 is 0. The number of aryl methyl sites for hydroxylation is 1. The molecule has 0 aromatic heterocycles. The Morgan fingerprint density at radius 3 is 2.43 bits per heavy atom. The number of nitrogen functional groups attached to an aromatic ring is 1. The van der Waals surface area contributed by atoms with E-state index in [1.807, 2.05) is 20.8 Å². The van der Waals surface area contributed by atoms with Crippen LogP contribution in [0.4, 0.5) is 5.69 Å². The van der Waals surface area contributed by atoms with Crippen molar-refractivity contribution in [1.29, 1.82) is 0 Å². The van der Waals surface area contributed by atoms with Gasteiger partial charge in [0.2, 0.25) is 0 Å². The van der Waals surface area contributed by atoms with Gasteiger partial charge < -0.3 is 15.8 Å². The summed E-state index contributed by atoms with van der Waals surface area (Å²) in [6, 6.07) is 5.01. The second-order valence-electron chi connectivity index (χ2n) is 5.14. The molecule has 3 N–H and O–H groups in total. The van der Waals surface area contributed by atoms with Crippen LogP contribution in [0, 0.1) is 6.92 Å². The lowest BCUT2D eigenvalue weighted by atomic mass is 10.1. The zero-order valence-electron chi connectivity index (χ0n) is 13.1. The highest BCUT2D eigenvalue weighted by Gasteiger charge is 2.20. The molecule has 0 spiro atoms. The van der Waals surface area contributed by atoms with E-state index >= 15 is 0 Å². The smallest absolute Gasteiger partial charge is 0.338 e. The summed E-state index contributed by atoms with van der Waals surface area (Å²) in [5.74, 6) is -0.797. The first-order chi connectivity index (χ1) is 9.88. The van der Waals surface area contributed by atoms with E-state index in [2.05, 4.69) is 5.32 Å². The Kier molecular flexibility index (Phi) is 6.21. The first-order valence-electron chi connectivity index (χ1n) is 7.26. The van der Waals surface area contributed by atoms with Crippen molar-refractivity contribution >= 4 is 17.6 Å². The lowest BCUT2D eigenvalue weighted by Gasteiger charge is -2.18. The lowest BCUT2D eigenvalue weighted by molar-refractivity contribution is -0.129. The minimum Gasteiger partial charge on any atom is -0.449 e. The van der Waals surface area contributed by atoms with E-state index in [4.69, 9.17) is 10.5 Å². The Balaban J connectivity index is 2.64. The standard InChI is InChI=1S/C16H24N2O3/c1-5-13(6-2)18-15(19)11(4)21-16(20)12-7-8-14(17)10(3)9-12/h7-9,11,13H,5-6,17H2,1-4H3,(H,18,19). The van der Waals surface area contributed by atoms with Gasteiger partial charge in [-0.25, -0.2) is 4.79 Å². The molecule has 0 saturated carbocycles. The highest BCUT2D eigenvalue weighted by Crippen LogP contribution is 2.14. The van der Waals surface area contributed by atoms with Crippen molar-refractivity contribution in [3.63, 3.8) is 0 Å². The molecular formula is C16H24N2O3. The Bertz CT molecular complexity index is 510. The van der Waals surface area contributed by atoms with Crippen LogP contribution >= 0.6 is 0 Å². The summed E-state index contributed by atoms with van der Waals surface area (Å²) in [4.78, 5) is 24.0. The van der Waals surface area contributed by atoms with E-state index < -0.39 is 12.1 Å². The van der Waals surface area contributed by atoms with Gasteiger partial charge in [0, 0.05) is 11.7 Å². The van der Waals surface area contributed by atoms with Crippen LogP contribution in [0.15, 0.2) is 18.2 Å². The van der Waals surface area contributed by atoms with E-state index in [0.29, 0.717) is 11.3 Å². The Morgan fingerprint density at radius 1 is 1.29 bits per heavy atom. The highest BCUT2D eigenvalue weighted by atomic mass is 16.5. The number of rotatable bonds is 6. The zero-order valence-corrected chi connectivity index (χ0v) is 13.1. The number of carbonyl (C=O) groups excluding carboxylic acids is 2. The van der Waals surface area contributed by atoms with Crippen molar-refractivity contribution < 1.29 is 14.3 Å². The average molecular weight is 292 g/mol. The first kappa shape index (κ1) is 17.0. The number of amides is 1. The molecule has 0 aliphatic heterocycles. The van der Waals surface area contributed by atoms with Gasteiger partial charge in [-0.2, -0.15) is 0 Å². The number of esters is 1. The SMILES string of the molecule is CCC(CC)NC(=O)C(C)OC(=O)c1ccc(N)c(C)c1. The van der Waals surface area contributed by atoms with Crippen molar-refractivity contribution in [3.05, 3.63) is 29.3 Å². The molecule has 1 atom stereocenters. The van der Waals surface area contributed by atoms with E-state index in [1.54, 1.807) is 25.1 Å². The highest BCUT2D eigenvalue weighted by molar-refractivity contribution is 5.92. The largest absolute Gasteiger partial charge is 0.449 e. The number of nitrogens with one attached hydrogen (secondary N) is 1. The summed E-state index contributed by atoms with van der Waals surface area (Å²) in [7, 11) is 0. The van der Waals surface area contributed by atoms with Gasteiger partial charge in [0.15, 0.2) is 6.10 Å². The predicted molar refractivity (Wildman–Crippen MR) is 83.0 cm³/mol. The predicted octanol–water partition coefficient (Wildman–Crippen LogP) is 2.43. The summed E-state index contributed by atoms with van der Waals surface area (Å²) in [6.07, 6.45) is 0.871. The van der Waals surface area contributed by atoms with Crippen LogP contribution in [-0.2, 0) is 9.53 Å². The fourth-order valence-corrected chi connectivity index (χ4v) is 1.90. The molecule has 0 saturated heterocycles. The Hall–Kier alpha value is -2.04. The number of anilines is 1. The quantitative estimate of drug-likeness (QED) is 0.623. The van der Waals surface area contributed by atoms with E-state index in [1.165, 1.54) is 0 Å². The van der Waals surface area contributed by atoms with E-state index in [-0.39, 0.29) is 11.9 Å². The molecular weight excluding hydrogens is 268 g/mol. The molecule has 5 heteroatoms. The minimum atomic E-state index is -0.823. The van der Waals surface area contributed by atoms with Crippen molar-refractivity contribution in [3.8, 4) is 0 Å². The van der Waals surface area contributed by atoms with Gasteiger partial charge in [-0.05, 0) is 50.5 Å². The van der Waals surface area contributed by atoms with Crippen molar-refractivity contribution in [1.82, 2.24) is 5.32 Å². The molecule has 0 radical (unpaired) electrons. The Morgan fingerprint density at radius 2 is 1.90 bits per heavy atom. The molecule has 1 aromatic rings. The van der Waals surface area contributed by atoms with Crippen LogP contribution in [0.2, 0.25) is 0 Å². The monoisotopic (exact) mass is 292 g/mol. The van der Waals surface area contributed by atoms with Crippen LogP contribution in [0.3, 0.4) is 0 Å². The van der Waals surface area contributed by atoms with Crippen molar-refractivity contribution in [2.75, 3.05) is 5.73 Å². The fourth-order valence-electron chi connectivity index (χ4n) is 1.90. The minimum absolute atomic E-state index is 0.109. The molecule has 0 fully saturated rings. The molecule has 1 aromatic carbocycles. The van der Waals surface area contributed by atoms with Crippen LogP contribution in [-0.4, -0.2) is 24.0 Å². The second-order valence-corrected chi connectivity index (χ2v) is 5.14. The number of benzene rings is 1. The number of hydrogen-bond donors (Lipinski definition) is 2. The molecule has 0 aliphatic carbocycles. The van der Waals surface area contributed by atoms with Gasteiger partial charge in [0.25, 0.3) is 5.91 Å². The topological polar surface area (TPSA) is 81.4 Å². The molecule has 0 heterocycles. The molecule has 1 unspecified atom stereocenters. The van der Waals surface area contributed by atoms with Crippen LogP contribution in [0.25, 0.3) is 0 Å². The van der Waals surface area contributed by atoms with E-state index in [9.17, 15) is 9.59 Å². The van der Waals surface area contributed by atoms with Gasteiger partial charge in [-0.15, -0.1) is 0 Å². The van der Waals surface area contributed by atoms with Gasteiger partial charge in [0.05, 0.1) is 5.56 Å². The van der Waals surface area contributed by atoms with Crippen LogP contribution < -0.4 is 11.1 Å². The maximum atomic E-state index is 12.0. The maximum Gasteiger partial charge on any atom is 0.338 e. The second kappa shape index (κ2) is 7.67. The maximum absolute atomic E-state index is 12.0. The average Bonchev–Trinajstić information content (AvgIpc) is 2.46. The third-order valence-corrected chi connectivity index (χ3v) is 3.49. The molecule has 0 bridgehead atoms. The number of hydrogen-bond acceptors (Lipinski definition) is 4. The molecule has 1 amide bonds. The van der Waals surface area contributed by atoms with Gasteiger partial charge in [-0.1, -0.05) is 13.8 Å². The van der Waals surface area contributed by atoms with Gasteiger partial charge in [0.1, 0.15) is 0 Å². The van der Waals surface area contributed by atoms with Crippen molar-refractivity contribution in [2.45, 2.75) is 52.7 Å². The third-order valence-electron chi connectivity index (χ3n) is 3.49. The van der Waals surface area contributed by atoms with E-state index in [0.717, 1.165) is 18.4 Å². The summed E-state index contributed by atoms with van der Waals surface area (Å²) < 4.78 is 5.19. The summed E-state index contributed by atoms with van der Waals surface area (Å²) in [5, 5.41) is 2.86. The summed E-state index contributed by atoms with van der Waals surface area (Å²) in [5.41, 5.74) is 7.52. The van der Waals surface area contributed by atoms with Crippen LogP contribution in [0.1, 0.15) is 49.5 Å². The zero-order chi connectivity index (χ0) is 16.0. The number of nitrogens with two attached hydrogens (primary N) is 1. The van der Waals surface area contributed by atoms with Crippen molar-refractivity contribution in [2.24, 2.45) is 0 Å². The number of ether oxygens (including phenoxy) is 1. The molecule has 0 aliphatic rings. The third kappa shape index (κ3) is 4.77. The number of carbonyl (C=O) groups is 2. The molecule has 5 nitrogen and oxygen atoms in total.